The van der Waals surface area contributed by atoms with Gasteiger partial charge in [-0.15, -0.1) is 5.10 Å². The fourth-order valence-corrected chi connectivity index (χ4v) is 3.13. The lowest BCUT2D eigenvalue weighted by molar-refractivity contribution is 0.653. The third-order valence-electron chi connectivity index (χ3n) is 4.03. The lowest BCUT2D eigenvalue weighted by Crippen LogP contribution is -2.05. The SMILES string of the molecule is Cc1cc([C@@H](C)N)c2oc3c(-c4cncc(Cl)c4)cnnc3c2c1. The van der Waals surface area contributed by atoms with Crippen LogP contribution in [0.5, 0.6) is 0 Å². The van der Waals surface area contributed by atoms with Crippen LogP contribution < -0.4 is 5.73 Å². The minimum absolute atomic E-state index is 0.141. The first kappa shape index (κ1) is 15.1. The first-order valence-corrected chi connectivity index (χ1v) is 7.97. The molecule has 4 rings (SSSR count). The summed E-state index contributed by atoms with van der Waals surface area (Å²) in [5.41, 5.74) is 11.9. The number of hydrogen-bond acceptors (Lipinski definition) is 5. The first-order valence-electron chi connectivity index (χ1n) is 7.59. The molecule has 0 fully saturated rings. The van der Waals surface area contributed by atoms with Crippen LogP contribution in [0.25, 0.3) is 33.2 Å². The van der Waals surface area contributed by atoms with Gasteiger partial charge in [0.2, 0.25) is 0 Å². The smallest absolute Gasteiger partial charge is 0.165 e. The average Bonchev–Trinajstić information content (AvgIpc) is 2.92. The Kier molecular flexibility index (Phi) is 3.48. The number of nitrogens with zero attached hydrogens (tertiary/aromatic N) is 3. The molecule has 0 saturated carbocycles. The third-order valence-corrected chi connectivity index (χ3v) is 4.24. The molecular formula is C18H15ClN4O. The topological polar surface area (TPSA) is 77.8 Å². The molecule has 0 radical (unpaired) electrons. The van der Waals surface area contributed by atoms with Gasteiger partial charge >= 0.3 is 0 Å². The van der Waals surface area contributed by atoms with Crippen molar-refractivity contribution < 1.29 is 4.42 Å². The van der Waals surface area contributed by atoms with E-state index in [1.165, 1.54) is 0 Å². The Morgan fingerprint density at radius 1 is 1.12 bits per heavy atom. The van der Waals surface area contributed by atoms with E-state index in [0.29, 0.717) is 16.1 Å². The molecule has 3 aromatic heterocycles. The fraction of sp³-hybridized carbons (Fsp3) is 0.167. The lowest BCUT2D eigenvalue weighted by Gasteiger charge is -2.07. The number of nitrogens with two attached hydrogens (primary N) is 1. The molecule has 0 unspecified atom stereocenters. The van der Waals surface area contributed by atoms with E-state index in [-0.39, 0.29) is 6.04 Å². The van der Waals surface area contributed by atoms with E-state index < -0.39 is 0 Å². The van der Waals surface area contributed by atoms with Gasteiger partial charge in [0.05, 0.1) is 11.2 Å². The minimum Gasteiger partial charge on any atom is -0.453 e. The summed E-state index contributed by atoms with van der Waals surface area (Å²) in [5.74, 6) is 0. The van der Waals surface area contributed by atoms with E-state index in [2.05, 4.69) is 15.2 Å². The molecule has 1 aromatic carbocycles. The van der Waals surface area contributed by atoms with E-state index in [9.17, 15) is 0 Å². The zero-order chi connectivity index (χ0) is 16.8. The van der Waals surface area contributed by atoms with Gasteiger partial charge in [0.15, 0.2) is 5.58 Å². The minimum atomic E-state index is -0.141. The van der Waals surface area contributed by atoms with Crippen LogP contribution in [-0.4, -0.2) is 15.2 Å². The maximum Gasteiger partial charge on any atom is 0.165 e. The summed E-state index contributed by atoms with van der Waals surface area (Å²) in [7, 11) is 0. The van der Waals surface area contributed by atoms with E-state index in [1.54, 1.807) is 18.6 Å². The molecule has 24 heavy (non-hydrogen) atoms. The number of furan rings is 1. The number of hydrogen-bond donors (Lipinski definition) is 1. The highest BCUT2D eigenvalue weighted by Gasteiger charge is 2.18. The van der Waals surface area contributed by atoms with Gasteiger partial charge in [-0.25, -0.2) is 0 Å². The molecule has 2 N–H and O–H groups in total. The molecule has 1 atom stereocenters. The molecule has 0 bridgehead atoms. The van der Waals surface area contributed by atoms with Gasteiger partial charge < -0.3 is 10.2 Å². The van der Waals surface area contributed by atoms with Crippen LogP contribution in [0, 0.1) is 6.92 Å². The van der Waals surface area contributed by atoms with Gasteiger partial charge in [-0.1, -0.05) is 17.7 Å². The van der Waals surface area contributed by atoms with Gasteiger partial charge in [-0.05, 0) is 31.5 Å². The van der Waals surface area contributed by atoms with E-state index in [4.69, 9.17) is 21.8 Å². The highest BCUT2D eigenvalue weighted by molar-refractivity contribution is 6.30. The zero-order valence-corrected chi connectivity index (χ0v) is 14.0. The number of halogens is 1. The van der Waals surface area contributed by atoms with E-state index in [0.717, 1.165) is 33.2 Å². The number of aromatic nitrogens is 3. The maximum atomic E-state index is 6.17. The van der Waals surface area contributed by atoms with Crippen molar-refractivity contribution in [1.29, 1.82) is 0 Å². The molecule has 3 heterocycles. The Hall–Kier alpha value is -2.50. The van der Waals surface area contributed by atoms with Gasteiger partial charge in [0, 0.05) is 40.5 Å². The predicted octanol–water partition coefficient (Wildman–Crippen LogP) is 4.42. The molecule has 0 spiro atoms. The van der Waals surface area contributed by atoms with Crippen LogP contribution in [0.3, 0.4) is 0 Å². The average molecular weight is 339 g/mol. The second-order valence-electron chi connectivity index (χ2n) is 5.95. The van der Waals surface area contributed by atoms with Crippen LogP contribution in [0.4, 0.5) is 0 Å². The number of fused-ring (bicyclic) bond motifs is 3. The quantitative estimate of drug-likeness (QED) is 0.585. The molecule has 0 aliphatic carbocycles. The molecule has 5 nitrogen and oxygen atoms in total. The van der Waals surface area contributed by atoms with Crippen molar-refractivity contribution >= 4 is 33.7 Å². The number of aryl methyl sites for hydroxylation is 1. The fourth-order valence-electron chi connectivity index (χ4n) is 2.95. The van der Waals surface area contributed by atoms with E-state index in [1.807, 2.05) is 32.0 Å². The Morgan fingerprint density at radius 2 is 1.96 bits per heavy atom. The zero-order valence-electron chi connectivity index (χ0n) is 13.2. The van der Waals surface area contributed by atoms with Crippen molar-refractivity contribution in [3.8, 4) is 11.1 Å². The molecule has 120 valence electrons. The summed E-state index contributed by atoms with van der Waals surface area (Å²) in [6.07, 6.45) is 4.98. The van der Waals surface area contributed by atoms with Crippen molar-refractivity contribution in [3.63, 3.8) is 0 Å². The first-order chi connectivity index (χ1) is 11.5. The third kappa shape index (κ3) is 2.33. The van der Waals surface area contributed by atoms with Gasteiger partial charge in [-0.2, -0.15) is 5.10 Å². The largest absolute Gasteiger partial charge is 0.453 e. The second-order valence-corrected chi connectivity index (χ2v) is 6.39. The highest BCUT2D eigenvalue weighted by atomic mass is 35.5. The summed E-state index contributed by atoms with van der Waals surface area (Å²) >= 11 is 6.07. The van der Waals surface area contributed by atoms with Gasteiger partial charge in [-0.3, -0.25) is 4.98 Å². The van der Waals surface area contributed by atoms with Crippen molar-refractivity contribution in [2.75, 3.05) is 0 Å². The Bertz CT molecular complexity index is 1070. The van der Waals surface area contributed by atoms with Crippen LogP contribution in [0.2, 0.25) is 5.02 Å². The second kappa shape index (κ2) is 5.54. The van der Waals surface area contributed by atoms with Gasteiger partial charge in [0.25, 0.3) is 0 Å². The normalized spacial score (nSPS) is 12.8. The molecule has 0 saturated heterocycles. The van der Waals surface area contributed by atoms with Crippen LogP contribution in [0.15, 0.2) is 41.2 Å². The summed E-state index contributed by atoms with van der Waals surface area (Å²) in [6, 6.07) is 5.78. The molecule has 0 aliphatic heterocycles. The van der Waals surface area contributed by atoms with E-state index >= 15 is 0 Å². The molecule has 6 heteroatoms. The van der Waals surface area contributed by atoms with Crippen LogP contribution >= 0.6 is 11.6 Å². The van der Waals surface area contributed by atoms with Crippen molar-refractivity contribution in [3.05, 3.63) is 52.9 Å². The lowest BCUT2D eigenvalue weighted by atomic mass is 10.0. The standard InChI is InChI=1S/C18H15ClN4O/c1-9-3-13(10(2)20)17-14(4-9)16-18(24-17)15(8-22-23-16)11-5-12(19)7-21-6-11/h3-8,10H,20H2,1-2H3/t10-/m1/s1. The molecule has 4 aromatic rings. The van der Waals surface area contributed by atoms with Crippen LogP contribution in [-0.2, 0) is 0 Å². The maximum absolute atomic E-state index is 6.17. The Morgan fingerprint density at radius 3 is 2.71 bits per heavy atom. The van der Waals surface area contributed by atoms with Crippen molar-refractivity contribution in [1.82, 2.24) is 15.2 Å². The Balaban J connectivity index is 2.10. The predicted molar refractivity (Wildman–Crippen MR) is 94.9 cm³/mol. The van der Waals surface area contributed by atoms with Crippen LogP contribution in [0.1, 0.15) is 24.1 Å². The number of pyridine rings is 1. The molecular weight excluding hydrogens is 324 g/mol. The highest BCUT2D eigenvalue weighted by Crippen LogP contribution is 2.37. The number of rotatable bonds is 2. The summed E-state index contributed by atoms with van der Waals surface area (Å²) in [4.78, 5) is 4.14. The monoisotopic (exact) mass is 338 g/mol. The molecule has 0 amide bonds. The van der Waals surface area contributed by atoms with Crippen molar-refractivity contribution in [2.45, 2.75) is 19.9 Å². The van der Waals surface area contributed by atoms with Gasteiger partial charge in [0.1, 0.15) is 11.1 Å². The Labute approximate surface area is 143 Å². The van der Waals surface area contributed by atoms with Crippen molar-refractivity contribution in [2.24, 2.45) is 5.73 Å². The number of benzene rings is 1. The summed E-state index contributed by atoms with van der Waals surface area (Å²) in [6.45, 7) is 3.97. The summed E-state index contributed by atoms with van der Waals surface area (Å²) in [5, 5.41) is 9.89. The summed E-state index contributed by atoms with van der Waals surface area (Å²) < 4.78 is 6.17. The molecule has 0 aliphatic rings.